The molecule has 1 atom stereocenters. The Bertz CT molecular complexity index is 505. The maximum absolute atomic E-state index is 13.3. The fraction of sp³-hybridized carbons (Fsp3) is 0.500. The maximum atomic E-state index is 13.3. The molecule has 0 saturated heterocycles. The zero-order valence-electron chi connectivity index (χ0n) is 12.8. The summed E-state index contributed by atoms with van der Waals surface area (Å²) >= 11 is 0. The summed E-state index contributed by atoms with van der Waals surface area (Å²) in [5, 5.41) is 11.5. The number of carbonyl (C=O) groups is 2. The molecule has 0 radical (unpaired) electrons. The van der Waals surface area contributed by atoms with Gasteiger partial charge in [-0.05, 0) is 30.9 Å². The van der Waals surface area contributed by atoms with Gasteiger partial charge in [0.25, 0.3) is 0 Å². The SMILES string of the molecule is CC(C)C[C@@H](NC(=O)CCCOc1ccccc1F)C(=O)O. The summed E-state index contributed by atoms with van der Waals surface area (Å²) in [6.45, 7) is 3.98. The Labute approximate surface area is 129 Å². The summed E-state index contributed by atoms with van der Waals surface area (Å²) in [7, 11) is 0. The van der Waals surface area contributed by atoms with Gasteiger partial charge in [-0.2, -0.15) is 0 Å². The molecule has 0 aliphatic carbocycles. The lowest BCUT2D eigenvalue weighted by molar-refractivity contribution is -0.142. The van der Waals surface area contributed by atoms with Crippen molar-refractivity contribution in [3.63, 3.8) is 0 Å². The molecule has 6 heteroatoms. The van der Waals surface area contributed by atoms with Gasteiger partial charge in [-0.25, -0.2) is 9.18 Å². The lowest BCUT2D eigenvalue weighted by Crippen LogP contribution is -2.41. The summed E-state index contributed by atoms with van der Waals surface area (Å²) in [4.78, 5) is 22.8. The topological polar surface area (TPSA) is 75.6 Å². The molecule has 1 aromatic carbocycles. The van der Waals surface area contributed by atoms with Crippen molar-refractivity contribution in [2.24, 2.45) is 5.92 Å². The number of aliphatic carboxylic acids is 1. The van der Waals surface area contributed by atoms with Crippen molar-refractivity contribution in [1.29, 1.82) is 0 Å². The molecule has 0 aliphatic rings. The molecule has 0 heterocycles. The Morgan fingerprint density at radius 3 is 2.59 bits per heavy atom. The van der Waals surface area contributed by atoms with E-state index in [4.69, 9.17) is 9.84 Å². The van der Waals surface area contributed by atoms with Crippen molar-refractivity contribution in [2.75, 3.05) is 6.61 Å². The second kappa shape index (κ2) is 9.02. The number of benzene rings is 1. The summed E-state index contributed by atoms with van der Waals surface area (Å²) in [5.41, 5.74) is 0. The molecule has 1 aromatic rings. The third-order valence-electron chi connectivity index (χ3n) is 2.98. The van der Waals surface area contributed by atoms with E-state index in [-0.39, 0.29) is 30.6 Å². The summed E-state index contributed by atoms with van der Waals surface area (Å²) in [5.74, 6) is -1.51. The van der Waals surface area contributed by atoms with E-state index in [0.29, 0.717) is 12.8 Å². The first kappa shape index (κ1) is 17.9. The predicted molar refractivity (Wildman–Crippen MR) is 80.2 cm³/mol. The monoisotopic (exact) mass is 311 g/mol. The molecule has 0 spiro atoms. The van der Waals surface area contributed by atoms with Crippen molar-refractivity contribution < 1.29 is 23.8 Å². The van der Waals surface area contributed by atoms with Crippen LogP contribution < -0.4 is 10.1 Å². The van der Waals surface area contributed by atoms with Crippen LogP contribution >= 0.6 is 0 Å². The van der Waals surface area contributed by atoms with E-state index in [1.807, 2.05) is 13.8 Å². The number of carboxylic acid groups (broad SMARTS) is 1. The van der Waals surface area contributed by atoms with Gasteiger partial charge in [0, 0.05) is 6.42 Å². The van der Waals surface area contributed by atoms with E-state index in [1.165, 1.54) is 12.1 Å². The van der Waals surface area contributed by atoms with Gasteiger partial charge in [0.05, 0.1) is 6.61 Å². The van der Waals surface area contributed by atoms with Crippen LogP contribution in [0.4, 0.5) is 4.39 Å². The van der Waals surface area contributed by atoms with Crippen LogP contribution in [-0.2, 0) is 9.59 Å². The molecule has 1 rings (SSSR count). The Morgan fingerprint density at radius 2 is 2.00 bits per heavy atom. The number of ether oxygens (including phenoxy) is 1. The number of para-hydroxylation sites is 1. The largest absolute Gasteiger partial charge is 0.491 e. The molecule has 22 heavy (non-hydrogen) atoms. The first-order valence-corrected chi connectivity index (χ1v) is 7.29. The Kier molecular flexibility index (Phi) is 7.36. The fourth-order valence-corrected chi connectivity index (χ4v) is 1.94. The highest BCUT2D eigenvalue weighted by Crippen LogP contribution is 2.15. The van der Waals surface area contributed by atoms with E-state index in [2.05, 4.69) is 5.32 Å². The first-order chi connectivity index (χ1) is 10.4. The Balaban J connectivity index is 2.30. The molecule has 0 aromatic heterocycles. The second-order valence-electron chi connectivity index (χ2n) is 5.47. The number of hydrogen-bond donors (Lipinski definition) is 2. The average Bonchev–Trinajstić information content (AvgIpc) is 2.44. The van der Waals surface area contributed by atoms with Crippen LogP contribution in [0, 0.1) is 11.7 Å². The van der Waals surface area contributed by atoms with Gasteiger partial charge in [-0.3, -0.25) is 4.79 Å². The first-order valence-electron chi connectivity index (χ1n) is 7.29. The quantitative estimate of drug-likeness (QED) is 0.687. The molecular weight excluding hydrogens is 289 g/mol. The molecule has 0 aliphatic heterocycles. The van der Waals surface area contributed by atoms with Gasteiger partial charge in [-0.15, -0.1) is 0 Å². The Morgan fingerprint density at radius 1 is 1.32 bits per heavy atom. The number of halogens is 1. The normalized spacial score (nSPS) is 12.0. The van der Waals surface area contributed by atoms with Crippen LogP contribution in [0.2, 0.25) is 0 Å². The number of rotatable bonds is 9. The molecule has 0 fully saturated rings. The molecule has 0 unspecified atom stereocenters. The van der Waals surface area contributed by atoms with E-state index < -0.39 is 17.8 Å². The molecule has 0 saturated carbocycles. The minimum absolute atomic E-state index is 0.135. The van der Waals surface area contributed by atoms with Crippen LogP contribution in [-0.4, -0.2) is 29.6 Å². The highest BCUT2D eigenvalue weighted by Gasteiger charge is 2.20. The second-order valence-corrected chi connectivity index (χ2v) is 5.47. The minimum Gasteiger partial charge on any atom is -0.491 e. The highest BCUT2D eigenvalue weighted by molar-refractivity contribution is 5.83. The lowest BCUT2D eigenvalue weighted by Gasteiger charge is -2.16. The van der Waals surface area contributed by atoms with Gasteiger partial charge in [0.1, 0.15) is 6.04 Å². The third-order valence-corrected chi connectivity index (χ3v) is 2.98. The van der Waals surface area contributed by atoms with Crippen LogP contribution in [0.15, 0.2) is 24.3 Å². The summed E-state index contributed by atoms with van der Waals surface area (Å²) in [6, 6.07) is 5.16. The number of carboxylic acids is 1. The lowest BCUT2D eigenvalue weighted by atomic mass is 10.0. The van der Waals surface area contributed by atoms with Gasteiger partial charge in [0.2, 0.25) is 5.91 Å². The van der Waals surface area contributed by atoms with Crippen LogP contribution in [0.1, 0.15) is 33.1 Å². The highest BCUT2D eigenvalue weighted by atomic mass is 19.1. The van der Waals surface area contributed by atoms with Gasteiger partial charge >= 0.3 is 5.97 Å². The van der Waals surface area contributed by atoms with Gasteiger partial charge in [-0.1, -0.05) is 26.0 Å². The van der Waals surface area contributed by atoms with Gasteiger partial charge < -0.3 is 15.2 Å². The van der Waals surface area contributed by atoms with Gasteiger partial charge in [0.15, 0.2) is 11.6 Å². The zero-order valence-corrected chi connectivity index (χ0v) is 12.8. The van der Waals surface area contributed by atoms with E-state index >= 15 is 0 Å². The van der Waals surface area contributed by atoms with Crippen molar-refractivity contribution in [2.45, 2.75) is 39.2 Å². The number of nitrogens with one attached hydrogen (secondary N) is 1. The van der Waals surface area contributed by atoms with Crippen molar-refractivity contribution in [3.8, 4) is 5.75 Å². The number of hydrogen-bond acceptors (Lipinski definition) is 3. The number of carbonyl (C=O) groups excluding carboxylic acids is 1. The smallest absolute Gasteiger partial charge is 0.326 e. The third kappa shape index (κ3) is 6.56. The zero-order chi connectivity index (χ0) is 16.5. The maximum Gasteiger partial charge on any atom is 0.326 e. The van der Waals surface area contributed by atoms with E-state index in [9.17, 15) is 14.0 Å². The summed E-state index contributed by atoms with van der Waals surface area (Å²) < 4.78 is 18.5. The van der Waals surface area contributed by atoms with Crippen LogP contribution in [0.3, 0.4) is 0 Å². The number of amides is 1. The van der Waals surface area contributed by atoms with Crippen molar-refractivity contribution in [3.05, 3.63) is 30.1 Å². The van der Waals surface area contributed by atoms with Crippen molar-refractivity contribution >= 4 is 11.9 Å². The van der Waals surface area contributed by atoms with E-state index in [0.717, 1.165) is 0 Å². The summed E-state index contributed by atoms with van der Waals surface area (Å²) in [6.07, 6.45) is 0.900. The van der Waals surface area contributed by atoms with E-state index in [1.54, 1.807) is 12.1 Å². The average molecular weight is 311 g/mol. The fourth-order valence-electron chi connectivity index (χ4n) is 1.94. The van der Waals surface area contributed by atoms with Crippen molar-refractivity contribution in [1.82, 2.24) is 5.32 Å². The molecule has 0 bridgehead atoms. The Hall–Kier alpha value is -2.11. The predicted octanol–water partition coefficient (Wildman–Crippen LogP) is 2.60. The van der Waals surface area contributed by atoms with Crippen LogP contribution in [0.5, 0.6) is 5.75 Å². The molecule has 1 amide bonds. The molecular formula is C16H22FNO4. The standard InChI is InChI=1S/C16H22FNO4/c1-11(2)10-13(16(20)21)18-15(19)8-5-9-22-14-7-4-3-6-12(14)17/h3-4,6-7,11,13H,5,8-10H2,1-2H3,(H,18,19)(H,20,21)/t13-/m1/s1. The molecule has 5 nitrogen and oxygen atoms in total. The molecule has 2 N–H and O–H groups in total. The minimum atomic E-state index is -1.04. The van der Waals surface area contributed by atoms with Crippen LogP contribution in [0.25, 0.3) is 0 Å². The molecule has 122 valence electrons.